The van der Waals surface area contributed by atoms with Crippen LogP contribution in [0.1, 0.15) is 111 Å². The third-order valence-corrected chi connectivity index (χ3v) is 14.3. The first-order chi connectivity index (χ1) is 17.9. The molecule has 0 aliphatic heterocycles. The van der Waals surface area contributed by atoms with Crippen molar-refractivity contribution in [1.29, 1.82) is 0 Å². The van der Waals surface area contributed by atoms with Crippen molar-refractivity contribution < 1.29 is 9.90 Å². The van der Waals surface area contributed by atoms with Gasteiger partial charge in [-0.15, -0.1) is 11.6 Å². The van der Waals surface area contributed by atoms with Crippen molar-refractivity contribution in [3.05, 3.63) is 23.0 Å². The molecule has 1 aromatic rings. The highest BCUT2D eigenvalue weighted by Crippen LogP contribution is 2.74. The molecule has 0 spiro atoms. The Bertz CT molecular complexity index is 1160. The highest BCUT2D eigenvalue weighted by atomic mass is 35.5. The summed E-state index contributed by atoms with van der Waals surface area (Å²) in [4.78, 5) is 12.7. The average molecular weight is 541 g/mol. The maximum atomic E-state index is 13.4. The van der Waals surface area contributed by atoms with Crippen molar-refractivity contribution in [2.75, 3.05) is 0 Å². The lowest BCUT2D eigenvalue weighted by atomic mass is 9.43. The van der Waals surface area contributed by atoms with Gasteiger partial charge in [0.1, 0.15) is 5.78 Å². The van der Waals surface area contributed by atoms with Crippen LogP contribution >= 0.6 is 11.6 Å². The first-order valence-electron chi connectivity index (χ1n) is 15.6. The van der Waals surface area contributed by atoms with Gasteiger partial charge in [-0.3, -0.25) is 9.48 Å². The fourth-order valence-electron chi connectivity index (χ4n) is 10.7. The second kappa shape index (κ2) is 8.93. The number of nitrogens with zero attached hydrogens (tertiary/aromatic N) is 2. The van der Waals surface area contributed by atoms with Crippen LogP contribution in [0.5, 0.6) is 0 Å². The van der Waals surface area contributed by atoms with Crippen LogP contribution in [0.25, 0.3) is 6.08 Å². The van der Waals surface area contributed by atoms with E-state index in [0.717, 1.165) is 44.1 Å². The topological polar surface area (TPSA) is 55.1 Å². The quantitative estimate of drug-likeness (QED) is 0.394. The number of carbonyl (C=O) groups is 1. The minimum Gasteiger partial charge on any atom is -0.391 e. The Kier molecular flexibility index (Phi) is 6.36. The number of aliphatic hydroxyl groups is 1. The molecule has 1 aromatic heterocycles. The van der Waals surface area contributed by atoms with E-state index < -0.39 is 16.4 Å². The number of carbonyl (C=O) groups excluding carboxylic acids is 1. The van der Waals surface area contributed by atoms with E-state index in [2.05, 4.69) is 51.6 Å². The van der Waals surface area contributed by atoms with Gasteiger partial charge in [-0.1, -0.05) is 60.0 Å². The van der Waals surface area contributed by atoms with Gasteiger partial charge in [-0.2, -0.15) is 5.10 Å². The third-order valence-electron chi connectivity index (χ3n) is 13.4. The number of Topliss-reactive ketones (excluding diaryl/α,β-unsaturated/α-hetero) is 1. The summed E-state index contributed by atoms with van der Waals surface area (Å²) in [6.45, 7) is 14.4. The first-order valence-corrected chi connectivity index (χ1v) is 16.0. The van der Waals surface area contributed by atoms with Crippen molar-refractivity contribution >= 4 is 23.5 Å². The number of aromatic nitrogens is 2. The van der Waals surface area contributed by atoms with E-state index in [4.69, 9.17) is 16.7 Å². The molecule has 5 heteroatoms. The fraction of sp³-hybridized carbons (Fsp3) is 0.818. The molecule has 5 aliphatic carbocycles. The number of aliphatic hydroxyl groups excluding tert-OH is 1. The average Bonchev–Trinajstić information content (AvgIpc) is 3.56. The van der Waals surface area contributed by atoms with Gasteiger partial charge in [-0.25, -0.2) is 0 Å². The highest BCUT2D eigenvalue weighted by Gasteiger charge is 2.73. The molecule has 5 aliphatic rings. The smallest absolute Gasteiger partial charge is 0.139 e. The number of fused-ring (bicyclic) bond motifs is 6. The Labute approximate surface area is 235 Å². The number of hydrogen-bond acceptors (Lipinski definition) is 3. The summed E-state index contributed by atoms with van der Waals surface area (Å²) in [5.74, 6) is 2.83. The molecule has 4 nitrogen and oxygen atoms in total. The van der Waals surface area contributed by atoms with Crippen molar-refractivity contribution in [2.45, 2.75) is 123 Å². The zero-order valence-electron chi connectivity index (χ0n) is 24.5. The normalized spacial score (nSPS) is 47.6. The van der Waals surface area contributed by atoms with E-state index in [0.29, 0.717) is 30.5 Å². The van der Waals surface area contributed by atoms with Crippen LogP contribution in [0, 0.1) is 45.8 Å². The number of halogens is 1. The third kappa shape index (κ3) is 3.31. The Hall–Kier alpha value is -1.13. The lowest BCUT2D eigenvalue weighted by Gasteiger charge is -2.65. The molecule has 0 saturated heterocycles. The van der Waals surface area contributed by atoms with Gasteiger partial charge >= 0.3 is 0 Å². The molecule has 0 radical (unpaired) electrons. The summed E-state index contributed by atoms with van der Waals surface area (Å²) < 4.78 is 2.27. The molecule has 1 heterocycles. The molecule has 6 rings (SSSR count). The molecule has 4 saturated carbocycles. The van der Waals surface area contributed by atoms with E-state index in [1.165, 1.54) is 42.5 Å². The highest BCUT2D eigenvalue weighted by molar-refractivity contribution is 6.26. The molecular formula is C33H49ClN2O2. The van der Waals surface area contributed by atoms with Crippen molar-refractivity contribution in [1.82, 2.24) is 9.78 Å². The maximum absolute atomic E-state index is 13.4. The van der Waals surface area contributed by atoms with Crippen LogP contribution in [-0.4, -0.2) is 31.6 Å². The van der Waals surface area contributed by atoms with Gasteiger partial charge in [0, 0.05) is 23.8 Å². The van der Waals surface area contributed by atoms with Gasteiger partial charge in [0.15, 0.2) is 0 Å². The van der Waals surface area contributed by atoms with Crippen LogP contribution in [0.4, 0.5) is 0 Å². The van der Waals surface area contributed by atoms with E-state index in [9.17, 15) is 9.90 Å². The van der Waals surface area contributed by atoms with Crippen LogP contribution in [0.3, 0.4) is 0 Å². The predicted molar refractivity (Wildman–Crippen MR) is 154 cm³/mol. The lowest BCUT2D eigenvalue weighted by Crippen LogP contribution is -2.68. The minimum absolute atomic E-state index is 0.204. The zero-order valence-corrected chi connectivity index (χ0v) is 25.3. The number of rotatable bonds is 5. The van der Waals surface area contributed by atoms with E-state index in [1.54, 1.807) is 0 Å². The van der Waals surface area contributed by atoms with E-state index >= 15 is 0 Å². The predicted octanol–water partition coefficient (Wildman–Crippen LogP) is 7.46. The number of ketones is 1. The summed E-state index contributed by atoms with van der Waals surface area (Å²) in [5.41, 5.74) is 3.03. The first kappa shape index (κ1) is 27.1. The van der Waals surface area contributed by atoms with Gasteiger partial charge in [0.2, 0.25) is 0 Å². The monoisotopic (exact) mass is 540 g/mol. The lowest BCUT2D eigenvalue weighted by molar-refractivity contribution is -0.153. The molecule has 0 amide bonds. The SMILES string of the molecule is CCC(=O)[C@@]1(C)[C@@H](C)C[C@H]2[C@@H]3CCC4=Cc5c(cnn5CC5CCC(CC)C5)C[C@]4(C)[C@@]3(Cl)[C@@H](O)C[C@@]21C. The second-order valence-corrected chi connectivity index (χ2v) is 15.3. The Morgan fingerprint density at radius 2 is 1.87 bits per heavy atom. The molecule has 2 unspecified atom stereocenters. The molecule has 0 aromatic carbocycles. The number of alkyl halides is 1. The van der Waals surface area contributed by atoms with Crippen LogP contribution in [0.2, 0.25) is 0 Å². The van der Waals surface area contributed by atoms with E-state index in [-0.39, 0.29) is 16.7 Å². The van der Waals surface area contributed by atoms with Crippen LogP contribution < -0.4 is 0 Å². The maximum Gasteiger partial charge on any atom is 0.139 e. The van der Waals surface area contributed by atoms with Crippen molar-refractivity contribution in [3.8, 4) is 0 Å². The second-order valence-electron chi connectivity index (χ2n) is 14.6. The minimum atomic E-state index is -0.721. The summed E-state index contributed by atoms with van der Waals surface area (Å²) in [6, 6.07) is 0. The molecule has 1 N–H and O–H groups in total. The molecule has 0 bridgehead atoms. The molecule has 4 fully saturated rings. The largest absolute Gasteiger partial charge is 0.391 e. The van der Waals surface area contributed by atoms with E-state index in [1.807, 2.05) is 6.92 Å². The van der Waals surface area contributed by atoms with Crippen molar-refractivity contribution in [2.24, 2.45) is 45.8 Å². The number of hydrogen-bond donors (Lipinski definition) is 1. The summed E-state index contributed by atoms with van der Waals surface area (Å²) >= 11 is 7.86. The molecule has 10 atom stereocenters. The van der Waals surface area contributed by atoms with Gasteiger partial charge in [0.05, 0.1) is 22.9 Å². The molecule has 210 valence electrons. The van der Waals surface area contributed by atoms with Gasteiger partial charge < -0.3 is 5.11 Å². The van der Waals surface area contributed by atoms with Crippen molar-refractivity contribution in [3.63, 3.8) is 0 Å². The van der Waals surface area contributed by atoms with Crippen LogP contribution in [-0.2, 0) is 17.8 Å². The Morgan fingerprint density at radius 1 is 1.13 bits per heavy atom. The Morgan fingerprint density at radius 3 is 2.55 bits per heavy atom. The Balaban J connectivity index is 1.33. The van der Waals surface area contributed by atoms with Gasteiger partial charge in [-0.05, 0) is 91.6 Å². The summed E-state index contributed by atoms with van der Waals surface area (Å²) in [6.07, 6.45) is 14.2. The molecule has 38 heavy (non-hydrogen) atoms. The molecular weight excluding hydrogens is 492 g/mol. The number of allylic oxidation sites excluding steroid dienone is 1. The standard InChI is InChI=1S/C33H49ClN2O2/c1-7-21-9-10-22(14-21)19-36-27-15-24-11-12-25-26-13-20(3)32(6,28(37)8-2)31(26,5)17-29(38)33(25,34)30(24,4)16-23(27)18-35-36/h15,18,20-22,25-26,29,38H,7-14,16-17,19H2,1-6H3/t20-,21?,22?,25-,26-,29-,30-,31-,32+,33-/m0/s1. The zero-order chi connectivity index (χ0) is 27.3. The van der Waals surface area contributed by atoms with Gasteiger partial charge in [0.25, 0.3) is 0 Å². The fourth-order valence-corrected chi connectivity index (χ4v) is 11.3. The summed E-state index contributed by atoms with van der Waals surface area (Å²) in [7, 11) is 0. The van der Waals surface area contributed by atoms with Crippen LogP contribution in [0.15, 0.2) is 11.8 Å². The summed E-state index contributed by atoms with van der Waals surface area (Å²) in [5, 5.41) is 17.0.